The van der Waals surface area contributed by atoms with Crippen molar-refractivity contribution in [3.05, 3.63) is 0 Å². The quantitative estimate of drug-likeness (QED) is 0.530. The number of amides is 1. The highest BCUT2D eigenvalue weighted by atomic mass is 32.1. The van der Waals surface area contributed by atoms with Gasteiger partial charge in [-0.3, -0.25) is 4.79 Å². The third-order valence-corrected chi connectivity index (χ3v) is 2.70. The lowest BCUT2D eigenvalue weighted by Crippen LogP contribution is -2.42. The van der Waals surface area contributed by atoms with Crippen molar-refractivity contribution in [2.24, 2.45) is 5.92 Å². The van der Waals surface area contributed by atoms with Gasteiger partial charge in [0.1, 0.15) is 6.04 Å². The number of esters is 1. The summed E-state index contributed by atoms with van der Waals surface area (Å²) in [5, 5.41) is 2.48. The lowest BCUT2D eigenvalue weighted by atomic mass is 10.1. The first kappa shape index (κ1) is 13.3. The second-order valence-electron chi connectivity index (χ2n) is 3.80. The van der Waals surface area contributed by atoms with Crippen LogP contribution in [0.4, 0.5) is 0 Å². The molecular weight excluding hydrogens is 230 g/mol. The molecule has 1 fully saturated rings. The number of nitrogens with one attached hydrogen (secondary N) is 1. The first-order chi connectivity index (χ1) is 7.63. The molecule has 1 rings (SSSR count). The Labute approximate surface area is 100 Å². The van der Waals surface area contributed by atoms with Crippen LogP contribution in [0.2, 0.25) is 0 Å². The van der Waals surface area contributed by atoms with Gasteiger partial charge in [0.2, 0.25) is 5.91 Å². The number of carbonyl (C=O) groups excluding carboxylic acids is 2. The minimum atomic E-state index is -0.664. The van der Waals surface area contributed by atoms with Crippen LogP contribution in [0.1, 0.15) is 13.3 Å². The monoisotopic (exact) mass is 247 g/mol. The summed E-state index contributed by atoms with van der Waals surface area (Å²) in [6.07, 6.45) is 0.916. The summed E-state index contributed by atoms with van der Waals surface area (Å²) in [6.45, 7) is 3.07. The maximum absolute atomic E-state index is 11.5. The average molecular weight is 247 g/mol. The Bertz CT molecular complexity index is 253. The molecule has 92 valence electrons. The summed E-state index contributed by atoms with van der Waals surface area (Å²) < 4.78 is 10.3. The van der Waals surface area contributed by atoms with Crippen LogP contribution >= 0.6 is 12.6 Å². The Hall–Kier alpha value is -0.750. The molecule has 0 radical (unpaired) electrons. The second kappa shape index (κ2) is 6.75. The van der Waals surface area contributed by atoms with Crippen LogP contribution < -0.4 is 5.32 Å². The minimum absolute atomic E-state index is 0.236. The van der Waals surface area contributed by atoms with Crippen LogP contribution in [0.5, 0.6) is 0 Å². The smallest absolute Gasteiger partial charge is 0.329 e. The van der Waals surface area contributed by atoms with Gasteiger partial charge >= 0.3 is 5.97 Å². The first-order valence-corrected chi connectivity index (χ1v) is 5.89. The molecule has 1 amide bonds. The average Bonchev–Trinajstić information content (AvgIpc) is 2.75. The summed E-state index contributed by atoms with van der Waals surface area (Å²) in [5.74, 6) is -0.182. The van der Waals surface area contributed by atoms with Gasteiger partial charge in [-0.05, 0) is 6.42 Å². The molecule has 1 saturated heterocycles. The Morgan fingerprint density at radius 3 is 2.88 bits per heavy atom. The predicted octanol–water partition coefficient (Wildman–Crippen LogP) is 0.000600. The molecule has 0 aromatic rings. The first-order valence-electron chi connectivity index (χ1n) is 5.25. The Kier molecular flexibility index (Phi) is 5.62. The summed E-state index contributed by atoms with van der Waals surface area (Å²) in [6, 6.07) is -0.664. The normalized spacial score (nSPS) is 21.5. The van der Waals surface area contributed by atoms with E-state index in [0.717, 1.165) is 13.0 Å². The van der Waals surface area contributed by atoms with Gasteiger partial charge in [-0.2, -0.15) is 12.6 Å². The zero-order valence-corrected chi connectivity index (χ0v) is 10.2. The van der Waals surface area contributed by atoms with E-state index in [4.69, 9.17) is 9.47 Å². The molecule has 2 atom stereocenters. The number of hydrogen-bond acceptors (Lipinski definition) is 5. The van der Waals surface area contributed by atoms with E-state index in [1.54, 1.807) is 0 Å². The Morgan fingerprint density at radius 1 is 1.62 bits per heavy atom. The molecule has 5 nitrogen and oxygen atoms in total. The highest BCUT2D eigenvalue weighted by molar-refractivity contribution is 7.80. The molecule has 0 aliphatic carbocycles. The summed E-state index contributed by atoms with van der Waals surface area (Å²) in [4.78, 5) is 22.3. The van der Waals surface area contributed by atoms with Gasteiger partial charge in [0.25, 0.3) is 0 Å². The molecule has 0 saturated carbocycles. The molecule has 1 heterocycles. The van der Waals surface area contributed by atoms with Crippen molar-refractivity contribution < 1.29 is 19.1 Å². The van der Waals surface area contributed by atoms with Gasteiger partial charge in [0.15, 0.2) is 0 Å². The highest BCUT2D eigenvalue weighted by Crippen LogP contribution is 2.12. The van der Waals surface area contributed by atoms with E-state index in [1.807, 2.05) is 0 Å². The van der Waals surface area contributed by atoms with Crippen molar-refractivity contribution in [2.75, 3.05) is 25.6 Å². The van der Waals surface area contributed by atoms with Gasteiger partial charge in [-0.1, -0.05) is 0 Å². The van der Waals surface area contributed by atoms with E-state index in [0.29, 0.717) is 13.2 Å². The van der Waals surface area contributed by atoms with Gasteiger partial charge in [-0.25, -0.2) is 4.79 Å². The van der Waals surface area contributed by atoms with E-state index in [1.165, 1.54) is 6.92 Å². The molecule has 0 aromatic carbocycles. The van der Waals surface area contributed by atoms with Crippen LogP contribution in [0.25, 0.3) is 0 Å². The van der Waals surface area contributed by atoms with Crippen LogP contribution in [0, 0.1) is 5.92 Å². The number of hydrogen-bond donors (Lipinski definition) is 2. The zero-order valence-electron chi connectivity index (χ0n) is 9.27. The lowest BCUT2D eigenvalue weighted by molar-refractivity contribution is -0.148. The number of thiol groups is 1. The number of carbonyl (C=O) groups is 2. The van der Waals surface area contributed by atoms with Gasteiger partial charge in [-0.15, -0.1) is 0 Å². The molecule has 16 heavy (non-hydrogen) atoms. The molecular formula is C10H17NO4S. The van der Waals surface area contributed by atoms with Crippen molar-refractivity contribution >= 4 is 24.5 Å². The fourth-order valence-corrected chi connectivity index (χ4v) is 1.68. The van der Waals surface area contributed by atoms with Crippen LogP contribution in [0.3, 0.4) is 0 Å². The minimum Gasteiger partial charge on any atom is -0.464 e. The molecule has 6 heteroatoms. The van der Waals surface area contributed by atoms with Crippen LogP contribution in [-0.2, 0) is 19.1 Å². The maximum atomic E-state index is 11.5. The van der Waals surface area contributed by atoms with Gasteiger partial charge < -0.3 is 14.8 Å². The summed E-state index contributed by atoms with van der Waals surface area (Å²) in [5.41, 5.74) is 0. The van der Waals surface area contributed by atoms with Crippen LogP contribution in [0.15, 0.2) is 0 Å². The molecule has 1 aliphatic heterocycles. The highest BCUT2D eigenvalue weighted by Gasteiger charge is 2.22. The molecule has 1 N–H and O–H groups in total. The third kappa shape index (κ3) is 4.40. The van der Waals surface area contributed by atoms with E-state index >= 15 is 0 Å². The van der Waals surface area contributed by atoms with Crippen molar-refractivity contribution in [1.29, 1.82) is 0 Å². The van der Waals surface area contributed by atoms with E-state index in [-0.39, 0.29) is 17.6 Å². The molecule has 2 unspecified atom stereocenters. The standard InChI is InChI=1S/C10H17NO4S/c1-7(12)11-9(6-16)10(13)15-5-8-2-3-14-4-8/h8-9,16H,2-6H2,1H3,(H,11,12). The Balaban J connectivity index is 2.28. The molecule has 0 bridgehead atoms. The van der Waals surface area contributed by atoms with Gasteiger partial charge in [0.05, 0.1) is 13.2 Å². The topological polar surface area (TPSA) is 64.6 Å². The van der Waals surface area contributed by atoms with E-state index < -0.39 is 12.0 Å². The third-order valence-electron chi connectivity index (χ3n) is 2.33. The van der Waals surface area contributed by atoms with Gasteiger partial charge in [0, 0.05) is 25.2 Å². The van der Waals surface area contributed by atoms with Crippen LogP contribution in [-0.4, -0.2) is 43.5 Å². The largest absolute Gasteiger partial charge is 0.464 e. The van der Waals surface area contributed by atoms with Crippen molar-refractivity contribution in [2.45, 2.75) is 19.4 Å². The number of ether oxygens (including phenoxy) is 2. The fraction of sp³-hybridized carbons (Fsp3) is 0.800. The number of rotatable bonds is 5. The molecule has 1 aliphatic rings. The summed E-state index contributed by atoms with van der Waals surface area (Å²) in [7, 11) is 0. The Morgan fingerprint density at radius 2 is 2.38 bits per heavy atom. The van der Waals surface area contributed by atoms with Crippen molar-refractivity contribution in [3.63, 3.8) is 0 Å². The van der Waals surface area contributed by atoms with Crippen molar-refractivity contribution in [3.8, 4) is 0 Å². The molecule has 0 spiro atoms. The second-order valence-corrected chi connectivity index (χ2v) is 4.16. The maximum Gasteiger partial charge on any atom is 0.329 e. The molecule has 0 aromatic heterocycles. The predicted molar refractivity (Wildman–Crippen MR) is 61.3 cm³/mol. The van der Waals surface area contributed by atoms with E-state index in [2.05, 4.69) is 17.9 Å². The lowest BCUT2D eigenvalue weighted by Gasteiger charge is -2.15. The summed E-state index contributed by atoms with van der Waals surface area (Å²) >= 11 is 3.99. The SMILES string of the molecule is CC(=O)NC(CS)C(=O)OCC1CCOC1. The van der Waals surface area contributed by atoms with Crippen molar-refractivity contribution in [1.82, 2.24) is 5.32 Å². The zero-order chi connectivity index (χ0) is 12.0. The fourth-order valence-electron chi connectivity index (χ4n) is 1.44. The van der Waals surface area contributed by atoms with E-state index in [9.17, 15) is 9.59 Å².